The summed E-state index contributed by atoms with van der Waals surface area (Å²) in [5, 5.41) is 8.56. The Kier molecular flexibility index (Phi) is 4.29. The van der Waals surface area contributed by atoms with E-state index in [1.807, 2.05) is 36.4 Å². The van der Waals surface area contributed by atoms with Gasteiger partial charge < -0.3 is 5.11 Å². The highest BCUT2D eigenvalue weighted by Crippen LogP contribution is 1.99. The van der Waals surface area contributed by atoms with Gasteiger partial charge in [0.1, 0.15) is 6.04 Å². The average molecular weight is 203 g/mol. The zero-order chi connectivity index (χ0) is 11.1. The van der Waals surface area contributed by atoms with Gasteiger partial charge in [-0.2, -0.15) is 0 Å². The molecule has 0 saturated carbocycles. The van der Waals surface area contributed by atoms with Crippen molar-refractivity contribution in [2.75, 3.05) is 0 Å². The standard InChI is InChI=1S/C12H13NO2/c1-10(12(14)15)13-9-5-8-11-6-3-2-4-7-11/h2-10H,1H3,(H,14,15)/b8-5+,13-9?. The molecule has 0 radical (unpaired) electrons. The first-order chi connectivity index (χ1) is 7.20. The van der Waals surface area contributed by atoms with Crippen LogP contribution in [0.1, 0.15) is 12.5 Å². The van der Waals surface area contributed by atoms with E-state index < -0.39 is 12.0 Å². The summed E-state index contributed by atoms with van der Waals surface area (Å²) >= 11 is 0. The van der Waals surface area contributed by atoms with Gasteiger partial charge in [-0.3, -0.25) is 4.99 Å². The van der Waals surface area contributed by atoms with Gasteiger partial charge in [-0.25, -0.2) is 4.79 Å². The molecule has 1 unspecified atom stereocenters. The third kappa shape index (κ3) is 4.22. The number of hydrogen-bond acceptors (Lipinski definition) is 2. The number of nitrogens with zero attached hydrogens (tertiary/aromatic N) is 1. The third-order valence-electron chi connectivity index (χ3n) is 1.84. The molecule has 0 heterocycles. The van der Waals surface area contributed by atoms with E-state index in [0.29, 0.717) is 0 Å². The largest absolute Gasteiger partial charge is 0.480 e. The second kappa shape index (κ2) is 5.75. The quantitative estimate of drug-likeness (QED) is 0.763. The van der Waals surface area contributed by atoms with Crippen molar-refractivity contribution in [3.8, 4) is 0 Å². The van der Waals surface area contributed by atoms with Gasteiger partial charge in [0.05, 0.1) is 0 Å². The van der Waals surface area contributed by atoms with Crippen LogP contribution in [0.4, 0.5) is 0 Å². The monoisotopic (exact) mass is 203 g/mol. The Morgan fingerprint density at radius 2 is 2.07 bits per heavy atom. The number of allylic oxidation sites excluding steroid dienone is 1. The summed E-state index contributed by atoms with van der Waals surface area (Å²) in [5.74, 6) is -0.917. The highest BCUT2D eigenvalue weighted by atomic mass is 16.4. The summed E-state index contributed by atoms with van der Waals surface area (Å²) in [5.41, 5.74) is 1.06. The zero-order valence-corrected chi connectivity index (χ0v) is 8.50. The summed E-state index contributed by atoms with van der Waals surface area (Å²) in [6.45, 7) is 1.54. The molecule has 0 bridgehead atoms. The zero-order valence-electron chi connectivity index (χ0n) is 8.50. The molecule has 1 atom stereocenters. The molecule has 0 aliphatic rings. The molecule has 0 saturated heterocycles. The Hall–Kier alpha value is -1.90. The van der Waals surface area contributed by atoms with Crippen LogP contribution in [0.5, 0.6) is 0 Å². The van der Waals surface area contributed by atoms with Gasteiger partial charge in [-0.1, -0.05) is 36.4 Å². The molecule has 3 heteroatoms. The maximum absolute atomic E-state index is 10.4. The molecular weight excluding hydrogens is 190 g/mol. The Morgan fingerprint density at radius 3 is 2.67 bits per heavy atom. The van der Waals surface area contributed by atoms with Crippen LogP contribution in [0.2, 0.25) is 0 Å². The minimum Gasteiger partial charge on any atom is -0.480 e. The fourth-order valence-electron chi connectivity index (χ4n) is 0.961. The number of aliphatic imine (C=N–C) groups is 1. The summed E-state index contributed by atoms with van der Waals surface area (Å²) in [6.07, 6.45) is 5.11. The number of carbonyl (C=O) groups is 1. The van der Waals surface area contributed by atoms with Gasteiger partial charge >= 0.3 is 5.97 Å². The fraction of sp³-hybridized carbons (Fsp3) is 0.167. The van der Waals surface area contributed by atoms with Crippen molar-refractivity contribution in [2.24, 2.45) is 4.99 Å². The van der Waals surface area contributed by atoms with Gasteiger partial charge in [-0.15, -0.1) is 0 Å². The number of carboxylic acids is 1. The molecule has 1 aromatic carbocycles. The average Bonchev–Trinajstić information content (AvgIpc) is 2.25. The van der Waals surface area contributed by atoms with E-state index in [1.165, 1.54) is 13.1 Å². The fourth-order valence-corrected chi connectivity index (χ4v) is 0.961. The lowest BCUT2D eigenvalue weighted by molar-refractivity contribution is -0.137. The van der Waals surface area contributed by atoms with Crippen LogP contribution in [0.3, 0.4) is 0 Å². The van der Waals surface area contributed by atoms with E-state index in [2.05, 4.69) is 4.99 Å². The van der Waals surface area contributed by atoms with Crippen molar-refractivity contribution in [1.29, 1.82) is 0 Å². The van der Waals surface area contributed by atoms with Crippen molar-refractivity contribution in [2.45, 2.75) is 13.0 Å². The molecule has 1 rings (SSSR count). The van der Waals surface area contributed by atoms with E-state index in [1.54, 1.807) is 6.08 Å². The van der Waals surface area contributed by atoms with Crippen molar-refractivity contribution in [3.05, 3.63) is 42.0 Å². The van der Waals surface area contributed by atoms with Crippen LogP contribution >= 0.6 is 0 Å². The van der Waals surface area contributed by atoms with E-state index in [4.69, 9.17) is 5.11 Å². The molecule has 0 spiro atoms. The summed E-state index contributed by atoms with van der Waals surface area (Å²) in [4.78, 5) is 14.3. The van der Waals surface area contributed by atoms with Gasteiger partial charge in [0, 0.05) is 6.21 Å². The topological polar surface area (TPSA) is 49.7 Å². The van der Waals surface area contributed by atoms with E-state index in [9.17, 15) is 4.79 Å². The first-order valence-electron chi connectivity index (χ1n) is 4.68. The molecule has 15 heavy (non-hydrogen) atoms. The Bertz CT molecular complexity index is 368. The summed E-state index contributed by atoms with van der Waals surface area (Å²) in [6, 6.07) is 9.06. The highest BCUT2D eigenvalue weighted by Gasteiger charge is 2.05. The van der Waals surface area contributed by atoms with Gasteiger partial charge in [0.2, 0.25) is 0 Å². The van der Waals surface area contributed by atoms with Crippen LogP contribution in [0, 0.1) is 0 Å². The van der Waals surface area contributed by atoms with Crippen LogP contribution in [-0.4, -0.2) is 23.3 Å². The predicted molar refractivity (Wildman–Crippen MR) is 61.1 cm³/mol. The summed E-state index contributed by atoms with van der Waals surface area (Å²) < 4.78 is 0. The van der Waals surface area contributed by atoms with Crippen LogP contribution in [0.15, 0.2) is 41.4 Å². The second-order valence-corrected chi connectivity index (χ2v) is 3.08. The summed E-state index contributed by atoms with van der Waals surface area (Å²) in [7, 11) is 0. The Balaban J connectivity index is 2.50. The normalized spacial score (nSPS) is 13.4. The first-order valence-corrected chi connectivity index (χ1v) is 4.68. The van der Waals surface area contributed by atoms with Gasteiger partial charge in [-0.05, 0) is 18.6 Å². The van der Waals surface area contributed by atoms with E-state index in [0.717, 1.165) is 5.56 Å². The predicted octanol–water partition coefficient (Wildman–Crippen LogP) is 2.24. The van der Waals surface area contributed by atoms with Crippen LogP contribution in [0.25, 0.3) is 6.08 Å². The van der Waals surface area contributed by atoms with Crippen molar-refractivity contribution >= 4 is 18.3 Å². The maximum Gasteiger partial charge on any atom is 0.328 e. The van der Waals surface area contributed by atoms with Crippen molar-refractivity contribution in [1.82, 2.24) is 0 Å². The van der Waals surface area contributed by atoms with Gasteiger partial charge in [0.15, 0.2) is 0 Å². The van der Waals surface area contributed by atoms with Crippen LogP contribution < -0.4 is 0 Å². The van der Waals surface area contributed by atoms with Crippen LogP contribution in [-0.2, 0) is 4.79 Å². The minimum absolute atomic E-state index is 0.689. The number of aliphatic carboxylic acids is 1. The smallest absolute Gasteiger partial charge is 0.328 e. The Morgan fingerprint density at radius 1 is 1.40 bits per heavy atom. The SMILES string of the molecule is CC(N=C/C=C/c1ccccc1)C(=O)O. The molecule has 0 fully saturated rings. The molecule has 1 aromatic rings. The molecule has 0 aromatic heterocycles. The lowest BCUT2D eigenvalue weighted by Gasteiger charge is -1.95. The number of carboxylic acid groups (broad SMARTS) is 1. The number of hydrogen-bond donors (Lipinski definition) is 1. The lowest BCUT2D eigenvalue weighted by Crippen LogP contribution is -2.12. The molecule has 0 amide bonds. The number of benzene rings is 1. The lowest BCUT2D eigenvalue weighted by atomic mass is 10.2. The molecular formula is C12H13NO2. The third-order valence-corrected chi connectivity index (χ3v) is 1.84. The first kappa shape index (κ1) is 11.2. The van der Waals surface area contributed by atoms with Crippen molar-refractivity contribution < 1.29 is 9.90 Å². The molecule has 78 valence electrons. The van der Waals surface area contributed by atoms with E-state index in [-0.39, 0.29) is 0 Å². The molecule has 0 aliphatic heterocycles. The maximum atomic E-state index is 10.4. The molecule has 0 aliphatic carbocycles. The second-order valence-electron chi connectivity index (χ2n) is 3.08. The minimum atomic E-state index is -0.917. The highest BCUT2D eigenvalue weighted by molar-refractivity contribution is 5.81. The molecule has 3 nitrogen and oxygen atoms in total. The van der Waals surface area contributed by atoms with E-state index >= 15 is 0 Å². The van der Waals surface area contributed by atoms with Gasteiger partial charge in [0.25, 0.3) is 0 Å². The number of rotatable bonds is 4. The Labute approximate surface area is 88.8 Å². The molecule has 1 N–H and O–H groups in total. The van der Waals surface area contributed by atoms with Crippen molar-refractivity contribution in [3.63, 3.8) is 0 Å².